The number of nitrogens with zero attached hydrogens (tertiary/aromatic N) is 1. The maximum absolute atomic E-state index is 11.4. The van der Waals surface area contributed by atoms with Crippen LogP contribution in [0.15, 0.2) is 29.2 Å². The molecule has 3 nitrogen and oxygen atoms in total. The van der Waals surface area contributed by atoms with E-state index in [0.29, 0.717) is 4.90 Å². The summed E-state index contributed by atoms with van der Waals surface area (Å²) in [4.78, 5) is 2.88. The quantitative estimate of drug-likeness (QED) is 0.837. The number of piperidine rings is 1. The first-order valence-electron chi connectivity index (χ1n) is 7.50. The highest BCUT2D eigenvalue weighted by molar-refractivity contribution is 7.90. The van der Waals surface area contributed by atoms with Crippen LogP contribution in [0.25, 0.3) is 0 Å². The van der Waals surface area contributed by atoms with Crippen molar-refractivity contribution in [2.75, 3.05) is 19.3 Å². The molecule has 0 amide bonds. The van der Waals surface area contributed by atoms with Crippen molar-refractivity contribution < 1.29 is 8.42 Å². The Morgan fingerprint density at radius 1 is 1.15 bits per heavy atom. The van der Waals surface area contributed by atoms with Gasteiger partial charge in [-0.15, -0.1) is 0 Å². The van der Waals surface area contributed by atoms with Gasteiger partial charge in [0.2, 0.25) is 0 Å². The van der Waals surface area contributed by atoms with Gasteiger partial charge in [0.05, 0.1) is 4.90 Å². The van der Waals surface area contributed by atoms with Crippen molar-refractivity contribution in [1.82, 2.24) is 4.90 Å². The lowest BCUT2D eigenvalue weighted by Crippen LogP contribution is -2.33. The van der Waals surface area contributed by atoms with Gasteiger partial charge in [-0.05, 0) is 49.5 Å². The van der Waals surface area contributed by atoms with E-state index in [4.69, 9.17) is 0 Å². The van der Waals surface area contributed by atoms with Crippen LogP contribution in [0, 0.1) is 5.92 Å². The summed E-state index contributed by atoms with van der Waals surface area (Å²) in [6.07, 6.45) is 6.50. The lowest BCUT2D eigenvalue weighted by Gasteiger charge is -2.31. The zero-order chi connectivity index (χ0) is 14.6. The highest BCUT2D eigenvalue weighted by atomic mass is 32.2. The fourth-order valence-electron chi connectivity index (χ4n) is 2.94. The molecular formula is C16H25NO2S. The first-order valence-corrected chi connectivity index (χ1v) is 9.39. The normalized spacial score (nSPS) is 18.3. The molecule has 1 aromatic carbocycles. The van der Waals surface area contributed by atoms with Crippen molar-refractivity contribution in [3.8, 4) is 0 Å². The van der Waals surface area contributed by atoms with Crippen LogP contribution in [-0.2, 0) is 16.4 Å². The monoisotopic (exact) mass is 295 g/mol. The lowest BCUT2D eigenvalue weighted by molar-refractivity contribution is 0.172. The minimum Gasteiger partial charge on any atom is -0.299 e. The molecule has 112 valence electrons. The average molecular weight is 295 g/mol. The summed E-state index contributed by atoms with van der Waals surface area (Å²) < 4.78 is 22.8. The lowest BCUT2D eigenvalue weighted by atomic mass is 9.92. The van der Waals surface area contributed by atoms with Crippen molar-refractivity contribution >= 4 is 9.84 Å². The van der Waals surface area contributed by atoms with Crippen molar-refractivity contribution in [2.45, 2.75) is 44.0 Å². The number of likely N-dealkylation sites (tertiary alicyclic amines) is 1. The van der Waals surface area contributed by atoms with Crippen LogP contribution in [0.5, 0.6) is 0 Å². The fourth-order valence-corrected chi connectivity index (χ4v) is 3.57. The second-order valence-electron chi connectivity index (χ2n) is 5.92. The van der Waals surface area contributed by atoms with Gasteiger partial charge in [0.1, 0.15) is 0 Å². The van der Waals surface area contributed by atoms with E-state index in [0.717, 1.165) is 12.5 Å². The van der Waals surface area contributed by atoms with Crippen LogP contribution in [0.1, 0.15) is 38.2 Å². The Bertz CT molecular complexity index is 514. The molecule has 0 spiro atoms. The Hall–Kier alpha value is -0.870. The smallest absolute Gasteiger partial charge is 0.175 e. The Kier molecular flexibility index (Phi) is 5.22. The van der Waals surface area contributed by atoms with Gasteiger partial charge in [-0.3, -0.25) is 4.90 Å². The maximum atomic E-state index is 11.4. The standard InChI is InChI=1S/C16H25NO2S/c1-3-4-14-9-11-17(12-10-14)13-15-5-7-16(8-6-15)20(2,18)19/h5-8,14H,3-4,9-13H2,1-2H3. The Morgan fingerprint density at radius 3 is 2.25 bits per heavy atom. The summed E-state index contributed by atoms with van der Waals surface area (Å²) in [5.74, 6) is 0.906. The number of hydrogen-bond donors (Lipinski definition) is 0. The Balaban J connectivity index is 1.89. The Labute approximate surface area is 122 Å². The van der Waals surface area contributed by atoms with Gasteiger partial charge in [-0.2, -0.15) is 0 Å². The van der Waals surface area contributed by atoms with E-state index in [-0.39, 0.29) is 0 Å². The number of sulfone groups is 1. The zero-order valence-electron chi connectivity index (χ0n) is 12.5. The number of hydrogen-bond acceptors (Lipinski definition) is 3. The third-order valence-electron chi connectivity index (χ3n) is 4.16. The van der Waals surface area contributed by atoms with Crippen LogP contribution in [0.2, 0.25) is 0 Å². The van der Waals surface area contributed by atoms with Crippen LogP contribution in [0.4, 0.5) is 0 Å². The van der Waals surface area contributed by atoms with Crippen LogP contribution < -0.4 is 0 Å². The second-order valence-corrected chi connectivity index (χ2v) is 7.94. The molecule has 0 aliphatic carbocycles. The molecule has 0 atom stereocenters. The van der Waals surface area contributed by atoms with Crippen LogP contribution in [-0.4, -0.2) is 32.7 Å². The summed E-state index contributed by atoms with van der Waals surface area (Å²) in [6.45, 7) is 5.52. The molecule has 20 heavy (non-hydrogen) atoms. The van der Waals surface area contributed by atoms with Crippen molar-refractivity contribution in [3.63, 3.8) is 0 Å². The summed E-state index contributed by atoms with van der Waals surface area (Å²) in [7, 11) is -3.08. The predicted octanol–water partition coefficient (Wildman–Crippen LogP) is 3.10. The molecular weight excluding hydrogens is 270 g/mol. The summed E-state index contributed by atoms with van der Waals surface area (Å²) >= 11 is 0. The molecule has 0 saturated carbocycles. The third kappa shape index (κ3) is 4.32. The highest BCUT2D eigenvalue weighted by Gasteiger charge is 2.18. The summed E-state index contributed by atoms with van der Waals surface area (Å²) in [5.41, 5.74) is 1.20. The predicted molar refractivity (Wildman–Crippen MR) is 82.5 cm³/mol. The van der Waals surface area contributed by atoms with E-state index in [1.807, 2.05) is 12.1 Å². The van der Waals surface area contributed by atoms with E-state index >= 15 is 0 Å². The molecule has 0 aromatic heterocycles. The van der Waals surface area contributed by atoms with Gasteiger partial charge < -0.3 is 0 Å². The van der Waals surface area contributed by atoms with E-state index in [1.54, 1.807) is 12.1 Å². The van der Waals surface area contributed by atoms with E-state index in [9.17, 15) is 8.42 Å². The van der Waals surface area contributed by atoms with Crippen LogP contribution in [0.3, 0.4) is 0 Å². The second kappa shape index (κ2) is 6.72. The van der Waals surface area contributed by atoms with Gasteiger partial charge in [0, 0.05) is 12.8 Å². The topological polar surface area (TPSA) is 37.4 Å². The van der Waals surface area contributed by atoms with Gasteiger partial charge in [0.25, 0.3) is 0 Å². The minimum absolute atomic E-state index is 0.405. The molecule has 0 N–H and O–H groups in total. The molecule has 4 heteroatoms. The molecule has 0 unspecified atom stereocenters. The van der Waals surface area contributed by atoms with Crippen LogP contribution >= 0.6 is 0 Å². The van der Waals surface area contributed by atoms with Crippen molar-refractivity contribution in [3.05, 3.63) is 29.8 Å². The molecule has 1 aliphatic heterocycles. The van der Waals surface area contributed by atoms with Gasteiger partial charge >= 0.3 is 0 Å². The fraction of sp³-hybridized carbons (Fsp3) is 0.625. The molecule has 2 rings (SSSR count). The van der Waals surface area contributed by atoms with Gasteiger partial charge in [-0.1, -0.05) is 31.9 Å². The van der Waals surface area contributed by atoms with Gasteiger partial charge in [-0.25, -0.2) is 8.42 Å². The van der Waals surface area contributed by atoms with Crippen molar-refractivity contribution in [1.29, 1.82) is 0 Å². The van der Waals surface area contributed by atoms with Gasteiger partial charge in [0.15, 0.2) is 9.84 Å². The zero-order valence-corrected chi connectivity index (χ0v) is 13.3. The molecule has 1 saturated heterocycles. The van der Waals surface area contributed by atoms with Crippen molar-refractivity contribution in [2.24, 2.45) is 5.92 Å². The molecule has 1 fully saturated rings. The summed E-state index contributed by atoms with van der Waals surface area (Å²) in [5, 5.41) is 0. The summed E-state index contributed by atoms with van der Waals surface area (Å²) in [6, 6.07) is 7.31. The third-order valence-corrected chi connectivity index (χ3v) is 5.29. The Morgan fingerprint density at radius 2 is 1.75 bits per heavy atom. The number of rotatable bonds is 5. The number of benzene rings is 1. The van der Waals surface area contributed by atoms with E-state index < -0.39 is 9.84 Å². The molecule has 0 bridgehead atoms. The first kappa shape index (κ1) is 15.5. The average Bonchev–Trinajstić information content (AvgIpc) is 2.41. The highest BCUT2D eigenvalue weighted by Crippen LogP contribution is 2.23. The molecule has 1 aliphatic rings. The minimum atomic E-state index is -3.08. The molecule has 1 aromatic rings. The first-order chi connectivity index (χ1) is 9.49. The SMILES string of the molecule is CCCC1CCN(Cc2ccc(S(C)(=O)=O)cc2)CC1. The molecule has 0 radical (unpaired) electrons. The van der Waals surface area contributed by atoms with E-state index in [2.05, 4.69) is 11.8 Å². The largest absolute Gasteiger partial charge is 0.299 e. The maximum Gasteiger partial charge on any atom is 0.175 e. The van der Waals surface area contributed by atoms with E-state index in [1.165, 1.54) is 50.6 Å². The molecule has 1 heterocycles.